The summed E-state index contributed by atoms with van der Waals surface area (Å²) in [5.74, 6) is 0. The summed E-state index contributed by atoms with van der Waals surface area (Å²) in [5.41, 5.74) is 7.98. The lowest BCUT2D eigenvalue weighted by Crippen LogP contribution is -2.30. The predicted molar refractivity (Wildman–Crippen MR) is 77.0 cm³/mol. The zero-order chi connectivity index (χ0) is 14.3. The van der Waals surface area contributed by atoms with E-state index in [1.165, 1.54) is 10.6 Å². The van der Waals surface area contributed by atoms with Crippen molar-refractivity contribution in [3.63, 3.8) is 0 Å². The molecule has 0 bridgehead atoms. The van der Waals surface area contributed by atoms with Crippen molar-refractivity contribution in [2.24, 2.45) is 0 Å². The summed E-state index contributed by atoms with van der Waals surface area (Å²) >= 11 is 0. The molecule has 2 N–H and O–H groups in total. The summed E-state index contributed by atoms with van der Waals surface area (Å²) in [6.45, 7) is 3.02. The molecule has 0 radical (unpaired) electrons. The maximum Gasteiger partial charge on any atom is 0.283 e. The van der Waals surface area contributed by atoms with Crippen LogP contribution in [0.5, 0.6) is 0 Å². The molecule has 0 saturated carbocycles. The number of imidazole rings is 1. The van der Waals surface area contributed by atoms with Crippen molar-refractivity contribution in [3.8, 4) is 0 Å². The Morgan fingerprint density at radius 3 is 2.90 bits per heavy atom. The standard InChI is InChI=1S/C13H16N4O2S/c1-2-16-8-12(15-9-16)20(18,19)17-7-6-10-4-3-5-11(14)13(10)17/h3-5,8-9H,2,6-7,14H2,1H3. The van der Waals surface area contributed by atoms with Crippen molar-refractivity contribution < 1.29 is 8.42 Å². The largest absolute Gasteiger partial charge is 0.397 e. The van der Waals surface area contributed by atoms with E-state index in [-0.39, 0.29) is 5.03 Å². The minimum atomic E-state index is -3.64. The van der Waals surface area contributed by atoms with Crippen LogP contribution in [-0.2, 0) is 23.0 Å². The van der Waals surface area contributed by atoms with Gasteiger partial charge in [0.15, 0.2) is 5.03 Å². The van der Waals surface area contributed by atoms with Crippen LogP contribution in [0.2, 0.25) is 0 Å². The Morgan fingerprint density at radius 1 is 1.40 bits per heavy atom. The highest BCUT2D eigenvalue weighted by Crippen LogP contribution is 2.36. The maximum atomic E-state index is 12.7. The SMILES string of the molecule is CCn1cnc(S(=O)(=O)N2CCc3cccc(N)c32)c1. The van der Waals surface area contributed by atoms with Crippen LogP contribution < -0.4 is 10.0 Å². The Balaban J connectivity index is 2.07. The molecule has 1 aromatic heterocycles. The highest BCUT2D eigenvalue weighted by molar-refractivity contribution is 7.92. The number of fused-ring (bicyclic) bond motifs is 1. The third-order valence-corrected chi connectivity index (χ3v) is 5.20. The summed E-state index contributed by atoms with van der Waals surface area (Å²) in [4.78, 5) is 4.00. The number of hydrogen-bond acceptors (Lipinski definition) is 4. The van der Waals surface area contributed by atoms with Crippen molar-refractivity contribution in [2.75, 3.05) is 16.6 Å². The van der Waals surface area contributed by atoms with Gasteiger partial charge in [0.25, 0.3) is 10.0 Å². The maximum absolute atomic E-state index is 12.7. The van der Waals surface area contributed by atoms with Gasteiger partial charge in [0.05, 0.1) is 17.7 Å². The number of nitrogen functional groups attached to an aromatic ring is 1. The fraction of sp³-hybridized carbons (Fsp3) is 0.308. The summed E-state index contributed by atoms with van der Waals surface area (Å²) < 4.78 is 28.4. The molecule has 0 saturated heterocycles. The number of para-hydroxylation sites is 1. The number of nitrogens with two attached hydrogens (primary N) is 1. The second kappa shape index (κ2) is 4.52. The van der Waals surface area contributed by atoms with E-state index < -0.39 is 10.0 Å². The number of anilines is 2. The van der Waals surface area contributed by atoms with Crippen LogP contribution in [0.15, 0.2) is 35.7 Å². The van der Waals surface area contributed by atoms with Crippen molar-refractivity contribution in [2.45, 2.75) is 24.9 Å². The number of benzene rings is 1. The highest BCUT2D eigenvalue weighted by atomic mass is 32.2. The lowest BCUT2D eigenvalue weighted by Gasteiger charge is -2.19. The number of aryl methyl sites for hydroxylation is 1. The van der Waals surface area contributed by atoms with Crippen LogP contribution in [0, 0.1) is 0 Å². The van der Waals surface area contributed by atoms with Crippen LogP contribution in [0.25, 0.3) is 0 Å². The Kier molecular flexibility index (Phi) is 2.93. The second-order valence-electron chi connectivity index (χ2n) is 4.72. The number of rotatable bonds is 3. The molecule has 7 heteroatoms. The molecule has 0 unspecified atom stereocenters. The van der Waals surface area contributed by atoms with Crippen LogP contribution in [-0.4, -0.2) is 24.5 Å². The van der Waals surface area contributed by atoms with Gasteiger partial charge in [-0.05, 0) is 25.0 Å². The first-order chi connectivity index (χ1) is 9.54. The average molecular weight is 292 g/mol. The van der Waals surface area contributed by atoms with Crippen LogP contribution in [0.1, 0.15) is 12.5 Å². The Labute approximate surface area is 117 Å². The van der Waals surface area contributed by atoms with Gasteiger partial charge in [0, 0.05) is 19.3 Å². The molecule has 0 atom stereocenters. The fourth-order valence-electron chi connectivity index (χ4n) is 2.45. The third kappa shape index (κ3) is 1.85. The van der Waals surface area contributed by atoms with Gasteiger partial charge in [0.1, 0.15) is 0 Å². The summed E-state index contributed by atoms with van der Waals surface area (Å²) in [5, 5.41) is 0.0652. The van der Waals surface area contributed by atoms with Crippen molar-refractivity contribution in [1.82, 2.24) is 9.55 Å². The molecule has 20 heavy (non-hydrogen) atoms. The quantitative estimate of drug-likeness (QED) is 0.863. The molecule has 2 heterocycles. The van der Waals surface area contributed by atoms with Crippen LogP contribution in [0.4, 0.5) is 11.4 Å². The molecule has 6 nitrogen and oxygen atoms in total. The van der Waals surface area contributed by atoms with E-state index in [1.807, 2.05) is 19.1 Å². The molecule has 1 aliphatic heterocycles. The molecular formula is C13H16N4O2S. The summed E-state index contributed by atoms with van der Waals surface area (Å²) in [7, 11) is -3.64. The van der Waals surface area contributed by atoms with Crippen molar-refractivity contribution >= 4 is 21.4 Å². The molecule has 0 amide bonds. The van der Waals surface area contributed by atoms with Crippen molar-refractivity contribution in [3.05, 3.63) is 36.3 Å². The van der Waals surface area contributed by atoms with Crippen LogP contribution in [0.3, 0.4) is 0 Å². The molecule has 0 fully saturated rings. The van der Waals surface area contributed by atoms with Gasteiger partial charge in [0.2, 0.25) is 0 Å². The first-order valence-electron chi connectivity index (χ1n) is 6.46. The zero-order valence-corrected chi connectivity index (χ0v) is 12.0. The van der Waals surface area contributed by atoms with Gasteiger partial charge in [-0.2, -0.15) is 8.42 Å². The molecule has 106 valence electrons. The number of nitrogens with zero attached hydrogens (tertiary/aromatic N) is 3. The topological polar surface area (TPSA) is 81.2 Å². The fourth-order valence-corrected chi connectivity index (χ4v) is 3.92. The van der Waals surface area contributed by atoms with E-state index in [2.05, 4.69) is 4.98 Å². The van der Waals surface area contributed by atoms with E-state index in [4.69, 9.17) is 5.73 Å². The lowest BCUT2D eigenvalue weighted by molar-refractivity contribution is 0.589. The minimum absolute atomic E-state index is 0.0652. The molecule has 1 aliphatic rings. The third-order valence-electron chi connectivity index (χ3n) is 3.51. The van der Waals surface area contributed by atoms with Gasteiger partial charge in [-0.1, -0.05) is 12.1 Å². The normalized spacial score (nSPS) is 14.6. The van der Waals surface area contributed by atoms with Gasteiger partial charge in [-0.3, -0.25) is 4.31 Å². The first-order valence-corrected chi connectivity index (χ1v) is 7.90. The van der Waals surface area contributed by atoms with Crippen LogP contribution >= 0.6 is 0 Å². The van der Waals surface area contributed by atoms with E-state index >= 15 is 0 Å². The Morgan fingerprint density at radius 2 is 2.20 bits per heavy atom. The highest BCUT2D eigenvalue weighted by Gasteiger charge is 2.33. The van der Waals surface area contributed by atoms with Gasteiger partial charge in [-0.25, -0.2) is 4.98 Å². The van der Waals surface area contributed by atoms with E-state index in [9.17, 15) is 8.42 Å². The first kappa shape index (κ1) is 13.0. The molecular weight excluding hydrogens is 276 g/mol. The predicted octanol–water partition coefficient (Wildman–Crippen LogP) is 1.24. The molecule has 0 aliphatic carbocycles. The van der Waals surface area contributed by atoms with Crippen molar-refractivity contribution in [1.29, 1.82) is 0 Å². The van der Waals surface area contributed by atoms with E-state index in [0.29, 0.717) is 30.9 Å². The number of hydrogen-bond donors (Lipinski definition) is 1. The number of sulfonamides is 1. The molecule has 2 aromatic rings. The molecule has 1 aromatic carbocycles. The molecule has 3 rings (SSSR count). The second-order valence-corrected chi connectivity index (χ2v) is 6.53. The van der Waals surface area contributed by atoms with E-state index in [0.717, 1.165) is 5.56 Å². The smallest absolute Gasteiger partial charge is 0.283 e. The summed E-state index contributed by atoms with van der Waals surface area (Å²) in [6.07, 6.45) is 3.75. The van der Waals surface area contributed by atoms with Gasteiger partial charge in [-0.15, -0.1) is 0 Å². The average Bonchev–Trinajstić information content (AvgIpc) is 3.06. The van der Waals surface area contributed by atoms with Gasteiger partial charge >= 0.3 is 0 Å². The minimum Gasteiger partial charge on any atom is -0.397 e. The monoisotopic (exact) mass is 292 g/mol. The molecule has 0 spiro atoms. The Bertz CT molecular complexity index is 751. The summed E-state index contributed by atoms with van der Waals surface area (Å²) in [6, 6.07) is 5.47. The lowest BCUT2D eigenvalue weighted by atomic mass is 10.1. The van der Waals surface area contributed by atoms with E-state index in [1.54, 1.807) is 16.8 Å². The van der Waals surface area contributed by atoms with Gasteiger partial charge < -0.3 is 10.3 Å². The zero-order valence-electron chi connectivity index (χ0n) is 11.2. The Hall–Kier alpha value is -2.02. The number of aromatic nitrogens is 2.